The number of ether oxygens (including phenoxy) is 2. The van der Waals surface area contributed by atoms with E-state index in [0.717, 1.165) is 22.4 Å². The van der Waals surface area contributed by atoms with Crippen molar-refractivity contribution >= 4 is 11.7 Å². The highest BCUT2D eigenvalue weighted by Gasteiger charge is 2.44. The molecule has 2 aromatic carbocycles. The van der Waals surface area contributed by atoms with E-state index in [1.54, 1.807) is 0 Å². The van der Waals surface area contributed by atoms with Gasteiger partial charge in [0.2, 0.25) is 0 Å². The number of hydrogen-bond acceptors (Lipinski definition) is 4. The Hall–Kier alpha value is -2.82. The van der Waals surface area contributed by atoms with Gasteiger partial charge in [-0.25, -0.2) is 0 Å². The van der Waals surface area contributed by atoms with Crippen LogP contribution < -0.4 is 9.47 Å². The first kappa shape index (κ1) is 23.3. The molecule has 2 heterocycles. The molecular formula is C28H35NO4. The van der Waals surface area contributed by atoms with Crippen LogP contribution in [0.15, 0.2) is 30.3 Å². The summed E-state index contributed by atoms with van der Waals surface area (Å²) in [4.78, 5) is 27.7. The minimum atomic E-state index is -0.516. The van der Waals surface area contributed by atoms with Crippen molar-refractivity contribution in [2.75, 3.05) is 19.7 Å². The fourth-order valence-electron chi connectivity index (χ4n) is 5.05. The second-order valence-corrected chi connectivity index (χ2v) is 10.8. The highest BCUT2D eigenvalue weighted by atomic mass is 16.5. The number of piperidine rings is 1. The van der Waals surface area contributed by atoms with Crippen LogP contribution in [-0.4, -0.2) is 41.9 Å². The van der Waals surface area contributed by atoms with Crippen LogP contribution in [-0.2, 0) is 10.2 Å². The quantitative estimate of drug-likeness (QED) is 0.637. The summed E-state index contributed by atoms with van der Waals surface area (Å²) in [6, 6.07) is 10.1. The molecule has 0 atom stereocenters. The van der Waals surface area contributed by atoms with E-state index in [1.165, 1.54) is 5.56 Å². The van der Waals surface area contributed by atoms with Gasteiger partial charge in [0.1, 0.15) is 17.1 Å². The minimum Gasteiger partial charge on any atom is -0.486 e. The van der Waals surface area contributed by atoms with Crippen LogP contribution in [0.4, 0.5) is 0 Å². The van der Waals surface area contributed by atoms with Gasteiger partial charge >= 0.3 is 0 Å². The average molecular weight is 450 g/mol. The van der Waals surface area contributed by atoms with Crippen molar-refractivity contribution in [2.24, 2.45) is 0 Å². The van der Waals surface area contributed by atoms with Gasteiger partial charge in [0.05, 0.1) is 12.0 Å². The first-order valence-electron chi connectivity index (χ1n) is 11.8. The molecule has 2 aliphatic rings. The molecule has 0 aliphatic carbocycles. The van der Waals surface area contributed by atoms with E-state index in [0.29, 0.717) is 43.7 Å². The van der Waals surface area contributed by atoms with Gasteiger partial charge in [0, 0.05) is 25.9 Å². The molecule has 5 nitrogen and oxygen atoms in total. The van der Waals surface area contributed by atoms with E-state index in [9.17, 15) is 9.59 Å². The summed E-state index contributed by atoms with van der Waals surface area (Å²) in [5.74, 6) is 1.57. The lowest BCUT2D eigenvalue weighted by Gasteiger charge is -2.44. The molecule has 0 saturated carbocycles. The van der Waals surface area contributed by atoms with E-state index >= 15 is 0 Å². The Kier molecular flexibility index (Phi) is 6.02. The average Bonchev–Trinajstić information content (AvgIpc) is 2.71. The number of aryl methyl sites for hydroxylation is 3. The van der Waals surface area contributed by atoms with E-state index in [2.05, 4.69) is 33.8 Å². The van der Waals surface area contributed by atoms with E-state index < -0.39 is 5.60 Å². The summed E-state index contributed by atoms with van der Waals surface area (Å²) in [6.45, 7) is 13.6. The van der Waals surface area contributed by atoms with Gasteiger partial charge in [0.25, 0.3) is 5.91 Å². The normalized spacial score (nSPS) is 17.5. The van der Waals surface area contributed by atoms with Crippen molar-refractivity contribution in [3.8, 4) is 11.5 Å². The van der Waals surface area contributed by atoms with Crippen molar-refractivity contribution in [3.63, 3.8) is 0 Å². The maximum atomic E-state index is 12.9. The van der Waals surface area contributed by atoms with Crippen LogP contribution >= 0.6 is 0 Å². The van der Waals surface area contributed by atoms with Crippen LogP contribution in [0.5, 0.6) is 11.5 Å². The molecule has 5 heteroatoms. The number of hydrogen-bond donors (Lipinski definition) is 0. The van der Waals surface area contributed by atoms with Gasteiger partial charge < -0.3 is 14.4 Å². The Morgan fingerprint density at radius 3 is 2.42 bits per heavy atom. The Morgan fingerprint density at radius 1 is 1.06 bits per heavy atom. The standard InChI is InChI=1S/C28H35NO4/c1-18-7-8-23(21(14-18)27(4,5)6)32-17-25(31)29-11-9-28(10-12-29)16-22(30)26-20(3)13-19(2)15-24(26)33-28/h7-8,13-15H,9-12,16-17H2,1-6H3. The van der Waals surface area contributed by atoms with Crippen LogP contribution in [0.25, 0.3) is 0 Å². The summed E-state index contributed by atoms with van der Waals surface area (Å²) in [5.41, 5.74) is 4.47. The molecule has 0 N–H and O–H groups in total. The molecule has 0 bridgehead atoms. The van der Waals surface area contributed by atoms with Crippen molar-refractivity contribution in [3.05, 3.63) is 58.1 Å². The number of likely N-dealkylation sites (tertiary alicyclic amines) is 1. The fourth-order valence-corrected chi connectivity index (χ4v) is 5.05. The second-order valence-electron chi connectivity index (χ2n) is 10.8. The number of nitrogens with zero attached hydrogens (tertiary/aromatic N) is 1. The molecule has 0 unspecified atom stereocenters. The zero-order chi connectivity index (χ0) is 24.0. The summed E-state index contributed by atoms with van der Waals surface area (Å²) in [6.07, 6.45) is 1.67. The Morgan fingerprint density at radius 2 is 1.76 bits per heavy atom. The van der Waals surface area contributed by atoms with Crippen LogP contribution in [0, 0.1) is 20.8 Å². The number of ketones is 1. The summed E-state index contributed by atoms with van der Waals surface area (Å²) in [5, 5.41) is 0. The van der Waals surface area contributed by atoms with Gasteiger partial charge in [0.15, 0.2) is 12.4 Å². The molecule has 2 aliphatic heterocycles. The molecule has 1 saturated heterocycles. The van der Waals surface area contributed by atoms with Crippen LogP contribution in [0.2, 0.25) is 0 Å². The van der Waals surface area contributed by atoms with Crippen LogP contribution in [0.3, 0.4) is 0 Å². The number of carbonyl (C=O) groups is 2. The molecule has 4 rings (SSSR count). The van der Waals surface area contributed by atoms with Crippen molar-refractivity contribution < 1.29 is 19.1 Å². The third-order valence-corrected chi connectivity index (χ3v) is 6.85. The lowest BCUT2D eigenvalue weighted by molar-refractivity contribution is -0.137. The van der Waals surface area contributed by atoms with Crippen molar-refractivity contribution in [1.29, 1.82) is 0 Å². The third-order valence-electron chi connectivity index (χ3n) is 6.85. The second kappa shape index (κ2) is 8.51. The molecule has 1 amide bonds. The monoisotopic (exact) mass is 449 g/mol. The highest BCUT2D eigenvalue weighted by molar-refractivity contribution is 6.01. The van der Waals surface area contributed by atoms with E-state index in [-0.39, 0.29) is 23.7 Å². The summed E-state index contributed by atoms with van der Waals surface area (Å²) in [7, 11) is 0. The Labute approximate surface area is 197 Å². The molecule has 1 fully saturated rings. The zero-order valence-corrected chi connectivity index (χ0v) is 20.7. The first-order chi connectivity index (χ1) is 15.5. The maximum absolute atomic E-state index is 12.9. The number of Topliss-reactive ketones (excluding diaryl/α,β-unsaturated/α-hetero) is 1. The van der Waals surface area contributed by atoms with Crippen LogP contribution in [0.1, 0.15) is 72.6 Å². The summed E-state index contributed by atoms with van der Waals surface area (Å²) >= 11 is 0. The number of carbonyl (C=O) groups excluding carboxylic acids is 2. The fraction of sp³-hybridized carbons (Fsp3) is 0.500. The number of rotatable bonds is 3. The van der Waals surface area contributed by atoms with Gasteiger partial charge in [-0.3, -0.25) is 9.59 Å². The smallest absolute Gasteiger partial charge is 0.260 e. The molecule has 176 valence electrons. The molecule has 33 heavy (non-hydrogen) atoms. The molecule has 1 spiro atoms. The minimum absolute atomic E-state index is 0.0140. The molecule has 0 radical (unpaired) electrons. The number of fused-ring (bicyclic) bond motifs is 1. The Bertz CT molecular complexity index is 1090. The predicted octanol–water partition coefficient (Wildman–Crippen LogP) is 5.31. The van der Waals surface area contributed by atoms with Gasteiger partial charge in [-0.15, -0.1) is 0 Å². The van der Waals surface area contributed by atoms with Crippen molar-refractivity contribution in [1.82, 2.24) is 4.90 Å². The topological polar surface area (TPSA) is 55.8 Å². The maximum Gasteiger partial charge on any atom is 0.260 e. The highest BCUT2D eigenvalue weighted by Crippen LogP contribution is 2.41. The lowest BCUT2D eigenvalue weighted by atomic mass is 9.81. The van der Waals surface area contributed by atoms with E-state index in [4.69, 9.17) is 9.47 Å². The Balaban J connectivity index is 1.40. The third kappa shape index (κ3) is 4.78. The first-order valence-corrected chi connectivity index (χ1v) is 11.8. The lowest BCUT2D eigenvalue weighted by Crippen LogP contribution is -2.53. The number of benzene rings is 2. The zero-order valence-electron chi connectivity index (χ0n) is 20.7. The van der Waals surface area contributed by atoms with Gasteiger partial charge in [-0.05, 0) is 55.0 Å². The molecule has 0 aromatic heterocycles. The SMILES string of the molecule is Cc1cc(C)c2c(c1)OC1(CCN(C(=O)COc3ccc(C)cc3C(C)(C)C)CC1)CC2=O. The number of amides is 1. The largest absolute Gasteiger partial charge is 0.486 e. The molecule has 2 aromatic rings. The van der Waals surface area contributed by atoms with Gasteiger partial charge in [-0.1, -0.05) is 44.5 Å². The van der Waals surface area contributed by atoms with E-state index in [1.807, 2.05) is 43.0 Å². The van der Waals surface area contributed by atoms with Gasteiger partial charge in [-0.2, -0.15) is 0 Å². The summed E-state index contributed by atoms with van der Waals surface area (Å²) < 4.78 is 12.4. The predicted molar refractivity (Wildman–Crippen MR) is 129 cm³/mol. The van der Waals surface area contributed by atoms with Crippen molar-refractivity contribution in [2.45, 2.75) is 71.8 Å². The molecular weight excluding hydrogens is 414 g/mol.